The molecule has 4 rings (SSSR count). The zero-order valence-electron chi connectivity index (χ0n) is 11.5. The van der Waals surface area contributed by atoms with Gasteiger partial charge < -0.3 is 9.09 Å². The molecule has 0 fully saturated rings. The molecule has 108 valence electrons. The van der Waals surface area contributed by atoms with Crippen LogP contribution < -0.4 is 0 Å². The summed E-state index contributed by atoms with van der Waals surface area (Å²) >= 11 is 5.88. The minimum atomic E-state index is 0.487. The Hall–Kier alpha value is -2.66. The first kappa shape index (κ1) is 13.0. The van der Waals surface area contributed by atoms with Crippen molar-refractivity contribution < 1.29 is 4.52 Å². The lowest BCUT2D eigenvalue weighted by molar-refractivity contribution is 0.372. The SMILES string of the molecule is Clc1ccc(-c2noc(Cn3cnc4ccccc43)n2)cc1. The highest BCUT2D eigenvalue weighted by Crippen LogP contribution is 2.19. The average Bonchev–Trinajstić information content (AvgIpc) is 3.16. The monoisotopic (exact) mass is 310 g/mol. The minimum absolute atomic E-state index is 0.487. The van der Waals surface area contributed by atoms with Gasteiger partial charge in [0.25, 0.3) is 0 Å². The maximum Gasteiger partial charge on any atom is 0.246 e. The molecule has 0 saturated carbocycles. The number of hydrogen-bond donors (Lipinski definition) is 0. The molecule has 0 bridgehead atoms. The molecule has 0 aliphatic carbocycles. The van der Waals surface area contributed by atoms with E-state index in [9.17, 15) is 0 Å². The average molecular weight is 311 g/mol. The number of imidazole rings is 1. The molecule has 2 aromatic heterocycles. The molecule has 4 aromatic rings. The van der Waals surface area contributed by atoms with Gasteiger partial charge in [-0.05, 0) is 36.4 Å². The lowest BCUT2D eigenvalue weighted by Crippen LogP contribution is -1.98. The fourth-order valence-electron chi connectivity index (χ4n) is 2.32. The van der Waals surface area contributed by atoms with E-state index in [1.807, 2.05) is 41.0 Å². The van der Waals surface area contributed by atoms with Gasteiger partial charge in [-0.3, -0.25) is 0 Å². The van der Waals surface area contributed by atoms with E-state index in [1.165, 1.54) is 0 Å². The van der Waals surface area contributed by atoms with Crippen LogP contribution in [0.4, 0.5) is 0 Å². The topological polar surface area (TPSA) is 56.7 Å². The highest BCUT2D eigenvalue weighted by molar-refractivity contribution is 6.30. The van der Waals surface area contributed by atoms with E-state index >= 15 is 0 Å². The van der Waals surface area contributed by atoms with E-state index in [1.54, 1.807) is 18.5 Å². The molecule has 2 aromatic carbocycles. The van der Waals surface area contributed by atoms with Crippen molar-refractivity contribution in [2.75, 3.05) is 0 Å². The van der Waals surface area contributed by atoms with Gasteiger partial charge in [0.15, 0.2) is 0 Å². The summed E-state index contributed by atoms with van der Waals surface area (Å²) in [6, 6.07) is 15.3. The predicted octanol–water partition coefficient (Wildman–Crippen LogP) is 3.79. The highest BCUT2D eigenvalue weighted by atomic mass is 35.5. The van der Waals surface area contributed by atoms with Gasteiger partial charge >= 0.3 is 0 Å². The molecule has 2 heterocycles. The second kappa shape index (κ2) is 5.27. The summed E-state index contributed by atoms with van der Waals surface area (Å²) in [5.41, 5.74) is 2.85. The molecule has 22 heavy (non-hydrogen) atoms. The van der Waals surface area contributed by atoms with Crippen LogP contribution in [0.15, 0.2) is 59.4 Å². The first-order chi connectivity index (χ1) is 10.8. The van der Waals surface area contributed by atoms with E-state index in [-0.39, 0.29) is 0 Å². The van der Waals surface area contributed by atoms with Crippen LogP contribution in [0.2, 0.25) is 5.02 Å². The molecular weight excluding hydrogens is 300 g/mol. The van der Waals surface area contributed by atoms with Gasteiger partial charge in [0.2, 0.25) is 11.7 Å². The van der Waals surface area contributed by atoms with E-state index in [2.05, 4.69) is 15.1 Å². The number of para-hydroxylation sites is 2. The Bertz CT molecular complexity index is 927. The predicted molar refractivity (Wildman–Crippen MR) is 83.6 cm³/mol. The van der Waals surface area contributed by atoms with Crippen molar-refractivity contribution in [3.05, 3.63) is 65.8 Å². The van der Waals surface area contributed by atoms with Gasteiger partial charge in [-0.25, -0.2) is 4.98 Å². The van der Waals surface area contributed by atoms with Crippen LogP contribution in [0.25, 0.3) is 22.4 Å². The Balaban J connectivity index is 1.63. The molecule has 0 aliphatic heterocycles. The van der Waals surface area contributed by atoms with Crippen LogP contribution in [-0.2, 0) is 6.54 Å². The molecule has 0 amide bonds. The first-order valence-electron chi connectivity index (χ1n) is 6.78. The van der Waals surface area contributed by atoms with Crippen LogP contribution in [0.3, 0.4) is 0 Å². The van der Waals surface area contributed by atoms with Crippen molar-refractivity contribution in [3.63, 3.8) is 0 Å². The molecule has 6 heteroatoms. The summed E-state index contributed by atoms with van der Waals surface area (Å²) in [6.07, 6.45) is 1.77. The lowest BCUT2D eigenvalue weighted by atomic mass is 10.2. The van der Waals surface area contributed by atoms with Crippen LogP contribution in [0.5, 0.6) is 0 Å². The minimum Gasteiger partial charge on any atom is -0.337 e. The van der Waals surface area contributed by atoms with Crippen molar-refractivity contribution >= 4 is 22.6 Å². The zero-order chi connectivity index (χ0) is 14.9. The Labute approximate surface area is 131 Å². The molecule has 0 radical (unpaired) electrons. The van der Waals surface area contributed by atoms with Crippen molar-refractivity contribution in [3.8, 4) is 11.4 Å². The molecule has 0 aliphatic rings. The number of benzene rings is 2. The molecular formula is C16H11ClN4O. The molecule has 0 atom stereocenters. The zero-order valence-corrected chi connectivity index (χ0v) is 12.2. The molecule has 0 unspecified atom stereocenters. The Morgan fingerprint density at radius 3 is 2.73 bits per heavy atom. The van der Waals surface area contributed by atoms with Crippen molar-refractivity contribution in [2.45, 2.75) is 6.54 Å². The maximum atomic E-state index is 5.88. The van der Waals surface area contributed by atoms with E-state index in [0.29, 0.717) is 23.3 Å². The summed E-state index contributed by atoms with van der Waals surface area (Å²) in [5, 5.41) is 4.69. The second-order valence-electron chi connectivity index (χ2n) is 4.88. The van der Waals surface area contributed by atoms with Gasteiger partial charge in [-0.1, -0.05) is 28.9 Å². The van der Waals surface area contributed by atoms with Gasteiger partial charge in [-0.15, -0.1) is 0 Å². The number of halogens is 1. The van der Waals surface area contributed by atoms with Crippen molar-refractivity contribution in [1.82, 2.24) is 19.7 Å². The number of aromatic nitrogens is 4. The third-order valence-electron chi connectivity index (χ3n) is 3.40. The summed E-state index contributed by atoms with van der Waals surface area (Å²) in [5.74, 6) is 1.09. The number of hydrogen-bond acceptors (Lipinski definition) is 4. The third-order valence-corrected chi connectivity index (χ3v) is 3.66. The van der Waals surface area contributed by atoms with Crippen LogP contribution in [-0.4, -0.2) is 19.7 Å². The standard InChI is InChI=1S/C16H11ClN4O/c17-12-7-5-11(6-8-12)16-19-15(22-20-16)9-21-10-18-13-3-1-2-4-14(13)21/h1-8,10H,9H2. The first-order valence-corrected chi connectivity index (χ1v) is 7.16. The summed E-state index contributed by atoms with van der Waals surface area (Å²) in [7, 11) is 0. The summed E-state index contributed by atoms with van der Waals surface area (Å²) < 4.78 is 7.31. The second-order valence-corrected chi connectivity index (χ2v) is 5.32. The fourth-order valence-corrected chi connectivity index (χ4v) is 2.44. The van der Waals surface area contributed by atoms with Crippen LogP contribution >= 0.6 is 11.6 Å². The van der Waals surface area contributed by atoms with Gasteiger partial charge in [0, 0.05) is 10.6 Å². The van der Waals surface area contributed by atoms with Crippen molar-refractivity contribution in [1.29, 1.82) is 0 Å². The van der Waals surface area contributed by atoms with Crippen molar-refractivity contribution in [2.24, 2.45) is 0 Å². The van der Waals surface area contributed by atoms with Gasteiger partial charge in [-0.2, -0.15) is 4.98 Å². The van der Waals surface area contributed by atoms with Gasteiger partial charge in [0.05, 0.1) is 17.4 Å². The summed E-state index contributed by atoms with van der Waals surface area (Å²) in [6.45, 7) is 0.487. The van der Waals surface area contributed by atoms with E-state index < -0.39 is 0 Å². The van der Waals surface area contributed by atoms with Crippen LogP contribution in [0, 0.1) is 0 Å². The summed E-state index contributed by atoms with van der Waals surface area (Å²) in [4.78, 5) is 8.77. The largest absolute Gasteiger partial charge is 0.337 e. The number of fused-ring (bicyclic) bond motifs is 1. The van der Waals surface area contributed by atoms with Crippen LogP contribution in [0.1, 0.15) is 5.89 Å². The smallest absolute Gasteiger partial charge is 0.246 e. The van der Waals surface area contributed by atoms with E-state index in [0.717, 1.165) is 16.6 Å². The third kappa shape index (κ3) is 2.35. The van der Waals surface area contributed by atoms with E-state index in [4.69, 9.17) is 16.1 Å². The quantitative estimate of drug-likeness (QED) is 0.577. The lowest BCUT2D eigenvalue weighted by Gasteiger charge is -1.98. The molecule has 0 N–H and O–H groups in total. The fraction of sp³-hybridized carbons (Fsp3) is 0.0625. The Morgan fingerprint density at radius 1 is 1.05 bits per heavy atom. The Kier molecular flexibility index (Phi) is 3.12. The number of rotatable bonds is 3. The highest BCUT2D eigenvalue weighted by Gasteiger charge is 2.10. The molecule has 0 saturated heterocycles. The molecule has 0 spiro atoms. The maximum absolute atomic E-state index is 5.88. The Morgan fingerprint density at radius 2 is 1.86 bits per heavy atom. The molecule has 5 nitrogen and oxygen atoms in total. The van der Waals surface area contributed by atoms with Gasteiger partial charge in [0.1, 0.15) is 6.54 Å². The normalized spacial score (nSPS) is 11.1. The number of nitrogens with zero attached hydrogens (tertiary/aromatic N) is 4.